The van der Waals surface area contributed by atoms with Crippen LogP contribution in [0.4, 0.5) is 0 Å². The molecular formula is C35H38N4O4. The number of esters is 1. The van der Waals surface area contributed by atoms with Crippen LogP contribution >= 0.6 is 0 Å². The lowest BCUT2D eigenvalue weighted by Crippen LogP contribution is -2.10. The van der Waals surface area contributed by atoms with Crippen molar-refractivity contribution in [2.24, 2.45) is 0 Å². The Balaban J connectivity index is 1.78. The standard InChI is InChI=1S/C35H38N4O4/c1-8-20-16(3)25-13-27-18(5)22(10-11-31(40)41)33(38-27)32-24(35(42)43-7)12-23-19(6)28(39-34(23)32)15-30-21(9-2)17(4)26(37-30)14-29(20)36-25/h12-15,18,22,38-39H,8-11H2,1-7H3,(H,40,41)/t18-,22-/m0/s1. The van der Waals surface area contributed by atoms with Crippen LogP contribution in [0.15, 0.2) is 18.2 Å². The number of ether oxygens (including phenoxy) is 1. The topological polar surface area (TPSA) is 121 Å². The smallest absolute Gasteiger partial charge is 0.338 e. The highest BCUT2D eigenvalue weighted by Crippen LogP contribution is 2.47. The van der Waals surface area contributed by atoms with Crippen molar-refractivity contribution < 1.29 is 19.4 Å². The first-order chi connectivity index (χ1) is 20.6. The fourth-order valence-electron chi connectivity index (χ4n) is 7.05. The van der Waals surface area contributed by atoms with Crippen molar-refractivity contribution in [1.29, 1.82) is 0 Å². The number of nitrogens with one attached hydrogen (secondary N) is 2. The second-order valence-corrected chi connectivity index (χ2v) is 11.8. The Morgan fingerprint density at radius 3 is 2.16 bits per heavy atom. The van der Waals surface area contributed by atoms with Crippen LogP contribution in [0.1, 0.15) is 123 Å². The van der Waals surface area contributed by atoms with Crippen LogP contribution < -0.4 is 0 Å². The van der Waals surface area contributed by atoms with E-state index in [1.807, 2.05) is 13.0 Å². The van der Waals surface area contributed by atoms with Gasteiger partial charge in [0, 0.05) is 46.3 Å². The average Bonchev–Trinajstić information content (AvgIpc) is 3.73. The number of aryl methyl sites for hydroxylation is 1. The van der Waals surface area contributed by atoms with Gasteiger partial charge in [-0.25, -0.2) is 14.8 Å². The molecule has 4 aliphatic rings. The molecule has 0 fully saturated rings. The third-order valence-corrected chi connectivity index (χ3v) is 9.56. The van der Waals surface area contributed by atoms with Crippen LogP contribution in [-0.2, 0) is 14.3 Å². The van der Waals surface area contributed by atoms with Crippen LogP contribution in [0.2, 0.25) is 0 Å². The summed E-state index contributed by atoms with van der Waals surface area (Å²) in [4.78, 5) is 42.4. The molecule has 2 aromatic rings. The van der Waals surface area contributed by atoms with Crippen LogP contribution in [0.5, 0.6) is 0 Å². The predicted molar refractivity (Wildman–Crippen MR) is 171 cm³/mol. The molecule has 0 aromatic carbocycles. The van der Waals surface area contributed by atoms with Gasteiger partial charge in [0.1, 0.15) is 0 Å². The molecule has 0 radical (unpaired) electrons. The minimum Gasteiger partial charge on any atom is -0.481 e. The van der Waals surface area contributed by atoms with Crippen LogP contribution in [-0.4, -0.2) is 44.1 Å². The summed E-state index contributed by atoms with van der Waals surface area (Å²) in [7, 11) is 1.39. The number of carbonyl (C=O) groups excluding carboxylic acids is 1. The minimum absolute atomic E-state index is 0.0182. The van der Waals surface area contributed by atoms with Crippen molar-refractivity contribution in [2.45, 2.75) is 79.1 Å². The number of carbonyl (C=O) groups is 2. The van der Waals surface area contributed by atoms with Crippen molar-refractivity contribution >= 4 is 56.9 Å². The first-order valence-electron chi connectivity index (χ1n) is 15.1. The van der Waals surface area contributed by atoms with Gasteiger partial charge in [-0.15, -0.1) is 0 Å². The minimum atomic E-state index is -0.847. The molecule has 0 spiro atoms. The second-order valence-electron chi connectivity index (χ2n) is 11.8. The number of rotatable bonds is 6. The van der Waals surface area contributed by atoms with Crippen LogP contribution in [0.3, 0.4) is 0 Å². The highest BCUT2D eigenvalue weighted by molar-refractivity contribution is 6.28. The third-order valence-electron chi connectivity index (χ3n) is 9.56. The molecule has 5 heterocycles. The number of fused-ring (bicyclic) bond motifs is 8. The van der Waals surface area contributed by atoms with E-state index in [9.17, 15) is 14.7 Å². The molecule has 43 heavy (non-hydrogen) atoms. The number of nitrogens with zero attached hydrogens (tertiary/aromatic N) is 2. The summed E-state index contributed by atoms with van der Waals surface area (Å²) in [6.45, 7) is 12.7. The van der Waals surface area contributed by atoms with Crippen molar-refractivity contribution in [2.75, 3.05) is 7.11 Å². The van der Waals surface area contributed by atoms with Crippen LogP contribution in [0, 0.1) is 6.92 Å². The first-order valence-corrected chi connectivity index (χ1v) is 15.1. The Morgan fingerprint density at radius 1 is 0.930 bits per heavy atom. The van der Waals surface area contributed by atoms with Gasteiger partial charge in [0.25, 0.3) is 0 Å². The summed E-state index contributed by atoms with van der Waals surface area (Å²) in [5.41, 5.74) is 15.0. The number of aromatic nitrogens is 4. The molecule has 8 heteroatoms. The summed E-state index contributed by atoms with van der Waals surface area (Å²) in [5.74, 6) is -1.45. The molecule has 0 amide bonds. The number of carboxylic acid groups (broad SMARTS) is 1. The molecule has 0 saturated carbocycles. The summed E-state index contributed by atoms with van der Waals surface area (Å²) < 4.78 is 5.23. The Labute approximate surface area is 251 Å². The maximum Gasteiger partial charge on any atom is 0.338 e. The zero-order valence-electron chi connectivity index (χ0n) is 25.9. The Hall–Kier alpha value is -4.46. The predicted octanol–water partition coefficient (Wildman–Crippen LogP) is 7.81. The van der Waals surface area contributed by atoms with Crippen molar-refractivity contribution in [1.82, 2.24) is 19.9 Å². The number of aromatic amines is 2. The Morgan fingerprint density at radius 2 is 1.56 bits per heavy atom. The molecule has 2 aromatic heterocycles. The zero-order chi connectivity index (χ0) is 30.7. The van der Waals surface area contributed by atoms with Gasteiger partial charge in [0.15, 0.2) is 0 Å². The molecule has 8 bridgehead atoms. The van der Waals surface area contributed by atoms with Crippen molar-refractivity contribution in [3.05, 3.63) is 69.1 Å². The summed E-state index contributed by atoms with van der Waals surface area (Å²) in [5, 5.41) is 9.61. The fraction of sp³-hybridized carbons (Fsp3) is 0.371. The number of aliphatic carboxylic acids is 1. The van der Waals surface area contributed by atoms with Gasteiger partial charge in [0.05, 0.1) is 41.0 Å². The molecular weight excluding hydrogens is 540 g/mol. The number of methoxy groups -OCH3 is 1. The molecule has 0 unspecified atom stereocenters. The number of hydrogen-bond acceptors (Lipinski definition) is 5. The number of allylic oxidation sites excluding steroid dienone is 4. The van der Waals surface area contributed by atoms with Crippen molar-refractivity contribution in [3.8, 4) is 0 Å². The van der Waals surface area contributed by atoms with E-state index in [-0.39, 0.29) is 18.3 Å². The lowest BCUT2D eigenvalue weighted by Gasteiger charge is -2.17. The maximum atomic E-state index is 13.2. The molecule has 2 atom stereocenters. The molecule has 8 nitrogen and oxygen atoms in total. The van der Waals surface area contributed by atoms with E-state index in [0.717, 1.165) is 85.9 Å². The third kappa shape index (κ3) is 4.51. The van der Waals surface area contributed by atoms with Gasteiger partial charge in [-0.1, -0.05) is 20.8 Å². The molecule has 3 aliphatic heterocycles. The molecule has 1 aliphatic carbocycles. The molecule has 222 valence electrons. The largest absolute Gasteiger partial charge is 0.481 e. The maximum absolute atomic E-state index is 13.2. The van der Waals surface area contributed by atoms with E-state index >= 15 is 0 Å². The highest BCUT2D eigenvalue weighted by atomic mass is 16.5. The van der Waals surface area contributed by atoms with E-state index in [1.165, 1.54) is 18.3 Å². The van der Waals surface area contributed by atoms with Crippen molar-refractivity contribution in [3.63, 3.8) is 0 Å². The quantitative estimate of drug-likeness (QED) is 0.301. The van der Waals surface area contributed by atoms with Gasteiger partial charge < -0.3 is 19.8 Å². The number of hydrogen-bond donors (Lipinski definition) is 3. The normalized spacial score (nSPS) is 18.3. The lowest BCUT2D eigenvalue weighted by atomic mass is 9.85. The monoisotopic (exact) mass is 578 g/mol. The van der Waals surface area contributed by atoms with Gasteiger partial charge in [-0.05, 0) is 92.2 Å². The SMILES string of the molecule is CCC1=C(C)c2cc3[nH]c(c4c5[nH]c(cc6nc(cc1n2)C(C)=C6CC)c(C)c5C=C4C(=O)OC)[C@@H](CCC(=O)O)[C@@H]3C. The summed E-state index contributed by atoms with van der Waals surface area (Å²) in [6, 6.07) is 6.31. The Bertz CT molecular complexity index is 1880. The van der Waals surface area contributed by atoms with E-state index in [2.05, 4.69) is 62.8 Å². The molecule has 0 saturated heterocycles. The molecule has 3 N–H and O–H groups in total. The average molecular weight is 579 g/mol. The van der Waals surface area contributed by atoms with Gasteiger partial charge in [-0.3, -0.25) is 4.79 Å². The fourth-order valence-corrected chi connectivity index (χ4v) is 7.05. The lowest BCUT2D eigenvalue weighted by molar-refractivity contribution is -0.137. The molecule has 6 rings (SSSR count). The highest BCUT2D eigenvalue weighted by Gasteiger charge is 2.36. The van der Waals surface area contributed by atoms with Crippen LogP contribution in [0.25, 0.3) is 45.0 Å². The van der Waals surface area contributed by atoms with E-state index < -0.39 is 11.9 Å². The van der Waals surface area contributed by atoms with Gasteiger partial charge >= 0.3 is 11.9 Å². The number of H-pyrrole nitrogens is 2. The van der Waals surface area contributed by atoms with Gasteiger partial charge in [0.2, 0.25) is 0 Å². The summed E-state index contributed by atoms with van der Waals surface area (Å²) in [6.07, 6.45) is 4.02. The number of carboxylic acids is 1. The van der Waals surface area contributed by atoms with E-state index in [4.69, 9.17) is 14.7 Å². The Kier molecular flexibility index (Phi) is 7.11. The van der Waals surface area contributed by atoms with Gasteiger partial charge in [-0.2, -0.15) is 0 Å². The van der Waals surface area contributed by atoms with E-state index in [1.54, 1.807) is 0 Å². The summed E-state index contributed by atoms with van der Waals surface area (Å²) >= 11 is 0. The zero-order valence-corrected chi connectivity index (χ0v) is 25.9. The second kappa shape index (κ2) is 10.7. The van der Waals surface area contributed by atoms with E-state index in [0.29, 0.717) is 12.0 Å². The first kappa shape index (κ1) is 28.6.